The van der Waals surface area contributed by atoms with Crippen LogP contribution in [-0.4, -0.2) is 18.4 Å². The molecule has 21 heavy (non-hydrogen) atoms. The van der Waals surface area contributed by atoms with E-state index in [1.54, 1.807) is 47.4 Å². The van der Waals surface area contributed by atoms with Gasteiger partial charge in [-0.3, -0.25) is 9.69 Å². The number of hydrogen-bond acceptors (Lipinski definition) is 2. The van der Waals surface area contributed by atoms with Crippen LogP contribution in [-0.2, 0) is 0 Å². The molecule has 5 heteroatoms. The first-order valence-corrected chi connectivity index (χ1v) is 7.00. The molecule has 2 amide bonds. The Labute approximate surface area is 127 Å². The summed E-state index contributed by atoms with van der Waals surface area (Å²) in [5.41, 5.74) is 1.77. The van der Waals surface area contributed by atoms with Crippen molar-refractivity contribution in [3.63, 3.8) is 0 Å². The predicted octanol–water partition coefficient (Wildman–Crippen LogP) is 3.96. The second-order valence-corrected chi connectivity index (χ2v) is 5.16. The summed E-state index contributed by atoms with van der Waals surface area (Å²) in [6.07, 6.45) is 0.326. The van der Waals surface area contributed by atoms with E-state index in [9.17, 15) is 9.59 Å². The van der Waals surface area contributed by atoms with E-state index in [0.717, 1.165) is 0 Å². The van der Waals surface area contributed by atoms with Crippen LogP contribution in [0.3, 0.4) is 0 Å². The lowest BCUT2D eigenvalue weighted by atomic mass is 10.0. The smallest absolute Gasteiger partial charge is 0.306 e. The summed E-state index contributed by atoms with van der Waals surface area (Å²) in [7, 11) is 0. The lowest BCUT2D eigenvalue weighted by Gasteiger charge is -2.28. The number of ketones is 1. The molecule has 0 atom stereocenters. The Hall–Kier alpha value is -2.33. The minimum absolute atomic E-state index is 0.0624. The van der Waals surface area contributed by atoms with Gasteiger partial charge in [-0.2, -0.15) is 0 Å². The van der Waals surface area contributed by atoms with Crippen molar-refractivity contribution in [1.82, 2.24) is 0 Å². The molecule has 0 radical (unpaired) electrons. The van der Waals surface area contributed by atoms with Gasteiger partial charge in [0, 0.05) is 18.5 Å². The van der Waals surface area contributed by atoms with Gasteiger partial charge in [-0.25, -0.2) is 4.79 Å². The number of fused-ring (bicyclic) bond motifs is 1. The minimum atomic E-state index is -0.289. The molecule has 2 aromatic rings. The number of amides is 2. The Morgan fingerprint density at radius 2 is 1.81 bits per heavy atom. The highest BCUT2D eigenvalue weighted by Gasteiger charge is 2.27. The minimum Gasteiger partial charge on any atom is -0.306 e. The van der Waals surface area contributed by atoms with Gasteiger partial charge >= 0.3 is 6.03 Å². The zero-order chi connectivity index (χ0) is 14.8. The standard InChI is InChI=1S/C16H13ClN2O2/c17-12-6-2-3-7-13(12)18-16(21)19-10-9-15(20)11-5-1-4-8-14(11)19/h1-8H,9-10H2,(H,18,21). The van der Waals surface area contributed by atoms with Crippen molar-refractivity contribution >= 4 is 34.8 Å². The molecular weight excluding hydrogens is 288 g/mol. The highest BCUT2D eigenvalue weighted by atomic mass is 35.5. The number of benzene rings is 2. The number of anilines is 2. The van der Waals surface area contributed by atoms with Crippen LogP contribution in [0.25, 0.3) is 0 Å². The zero-order valence-electron chi connectivity index (χ0n) is 11.2. The molecule has 0 saturated heterocycles. The molecule has 0 aromatic heterocycles. The Balaban J connectivity index is 1.88. The van der Waals surface area contributed by atoms with Crippen LogP contribution >= 0.6 is 11.6 Å². The maximum absolute atomic E-state index is 12.4. The average Bonchev–Trinajstić information content (AvgIpc) is 2.50. The van der Waals surface area contributed by atoms with E-state index in [2.05, 4.69) is 5.32 Å². The van der Waals surface area contributed by atoms with Gasteiger partial charge in [-0.05, 0) is 24.3 Å². The molecule has 0 unspecified atom stereocenters. The van der Waals surface area contributed by atoms with Crippen molar-refractivity contribution in [3.8, 4) is 0 Å². The van der Waals surface area contributed by atoms with Gasteiger partial charge in [0.1, 0.15) is 0 Å². The fourth-order valence-corrected chi connectivity index (χ4v) is 2.55. The number of rotatable bonds is 1. The molecule has 1 aliphatic rings. The maximum atomic E-state index is 12.4. The van der Waals surface area contributed by atoms with E-state index in [4.69, 9.17) is 11.6 Å². The molecule has 2 aromatic carbocycles. The number of hydrogen-bond donors (Lipinski definition) is 1. The van der Waals surface area contributed by atoms with Crippen LogP contribution in [0.2, 0.25) is 5.02 Å². The number of halogens is 1. The largest absolute Gasteiger partial charge is 0.326 e. The van der Waals surface area contributed by atoms with Crippen LogP contribution in [0.1, 0.15) is 16.8 Å². The summed E-state index contributed by atoms with van der Waals surface area (Å²) < 4.78 is 0. The van der Waals surface area contributed by atoms with Crippen LogP contribution in [0.5, 0.6) is 0 Å². The Morgan fingerprint density at radius 3 is 2.62 bits per heavy atom. The summed E-state index contributed by atoms with van der Waals surface area (Å²) in [6.45, 7) is 0.367. The molecular formula is C16H13ClN2O2. The highest BCUT2D eigenvalue weighted by molar-refractivity contribution is 6.33. The van der Waals surface area contributed by atoms with Crippen LogP contribution in [0.4, 0.5) is 16.2 Å². The fourth-order valence-electron chi connectivity index (χ4n) is 2.37. The average molecular weight is 301 g/mol. The van der Waals surface area contributed by atoms with Crippen molar-refractivity contribution < 1.29 is 9.59 Å². The molecule has 4 nitrogen and oxygen atoms in total. The maximum Gasteiger partial charge on any atom is 0.326 e. The first-order valence-electron chi connectivity index (χ1n) is 6.62. The summed E-state index contributed by atoms with van der Waals surface area (Å²) in [5, 5.41) is 3.26. The Bertz CT molecular complexity index is 715. The Morgan fingerprint density at radius 1 is 1.10 bits per heavy atom. The van der Waals surface area contributed by atoms with E-state index in [1.807, 2.05) is 6.07 Å². The number of carbonyl (C=O) groups excluding carboxylic acids is 2. The number of Topliss-reactive ketones (excluding diaryl/α,β-unsaturated/α-hetero) is 1. The summed E-state index contributed by atoms with van der Waals surface area (Å²) in [4.78, 5) is 25.9. The number of urea groups is 1. The van der Waals surface area contributed by atoms with E-state index >= 15 is 0 Å². The third-order valence-corrected chi connectivity index (χ3v) is 3.75. The Kier molecular flexibility index (Phi) is 3.62. The van der Waals surface area contributed by atoms with Gasteiger partial charge in [-0.1, -0.05) is 35.9 Å². The normalized spacial score (nSPS) is 13.8. The molecule has 3 rings (SSSR count). The third-order valence-electron chi connectivity index (χ3n) is 3.42. The van der Waals surface area contributed by atoms with E-state index in [1.165, 1.54) is 0 Å². The fraction of sp³-hybridized carbons (Fsp3) is 0.125. The summed E-state index contributed by atoms with van der Waals surface area (Å²) in [5.74, 6) is 0.0624. The van der Waals surface area contributed by atoms with Gasteiger partial charge in [0.2, 0.25) is 0 Å². The molecule has 1 N–H and O–H groups in total. The lowest BCUT2D eigenvalue weighted by molar-refractivity contribution is 0.0981. The summed E-state index contributed by atoms with van der Waals surface area (Å²) >= 11 is 6.04. The second kappa shape index (κ2) is 5.58. The van der Waals surface area contributed by atoms with Crippen molar-refractivity contribution in [1.29, 1.82) is 0 Å². The first kappa shape index (κ1) is 13.6. The number of para-hydroxylation sites is 2. The SMILES string of the molecule is O=C1CCN(C(=O)Nc2ccccc2Cl)c2ccccc21. The molecule has 1 aliphatic heterocycles. The predicted molar refractivity (Wildman–Crippen MR) is 83.2 cm³/mol. The lowest BCUT2D eigenvalue weighted by Crippen LogP contribution is -2.40. The quantitative estimate of drug-likeness (QED) is 0.866. The van der Waals surface area contributed by atoms with Crippen molar-refractivity contribution in [3.05, 3.63) is 59.1 Å². The van der Waals surface area contributed by atoms with E-state index < -0.39 is 0 Å². The topological polar surface area (TPSA) is 49.4 Å². The number of nitrogens with one attached hydrogen (secondary N) is 1. The van der Waals surface area contributed by atoms with Gasteiger partial charge in [0.25, 0.3) is 0 Å². The first-order chi connectivity index (χ1) is 10.2. The third kappa shape index (κ3) is 2.62. The van der Waals surface area contributed by atoms with Gasteiger partial charge in [0.05, 0.1) is 16.4 Å². The molecule has 106 valence electrons. The number of nitrogens with zero attached hydrogens (tertiary/aromatic N) is 1. The van der Waals surface area contributed by atoms with Gasteiger partial charge in [-0.15, -0.1) is 0 Å². The van der Waals surface area contributed by atoms with Crippen molar-refractivity contribution in [2.45, 2.75) is 6.42 Å². The molecule has 0 bridgehead atoms. The highest BCUT2D eigenvalue weighted by Crippen LogP contribution is 2.28. The van der Waals surface area contributed by atoms with Gasteiger partial charge in [0.15, 0.2) is 5.78 Å². The molecule has 0 spiro atoms. The van der Waals surface area contributed by atoms with E-state index in [-0.39, 0.29) is 11.8 Å². The van der Waals surface area contributed by atoms with Crippen molar-refractivity contribution in [2.75, 3.05) is 16.8 Å². The zero-order valence-corrected chi connectivity index (χ0v) is 11.9. The van der Waals surface area contributed by atoms with Gasteiger partial charge < -0.3 is 5.32 Å². The van der Waals surface area contributed by atoms with Crippen LogP contribution in [0, 0.1) is 0 Å². The molecule has 0 saturated carbocycles. The van der Waals surface area contributed by atoms with Crippen LogP contribution < -0.4 is 10.2 Å². The van der Waals surface area contributed by atoms with Crippen molar-refractivity contribution in [2.24, 2.45) is 0 Å². The number of carbonyl (C=O) groups is 2. The summed E-state index contributed by atoms with van der Waals surface area (Å²) in [6, 6.07) is 13.9. The van der Waals surface area contributed by atoms with Crippen LogP contribution in [0.15, 0.2) is 48.5 Å². The molecule has 0 aliphatic carbocycles. The molecule has 0 fully saturated rings. The van der Waals surface area contributed by atoms with E-state index in [0.29, 0.717) is 34.9 Å². The molecule has 1 heterocycles. The second-order valence-electron chi connectivity index (χ2n) is 4.75. The monoisotopic (exact) mass is 300 g/mol.